The molecule has 0 unspecified atom stereocenters. The smallest absolute Gasteiger partial charge is 0.120 e. The number of β-amino-alcohol motifs (C(OH)–C–C–N with tert-alkyl or cyclic N) is 1. The Morgan fingerprint density at radius 2 is 2.39 bits per heavy atom. The van der Waals surface area contributed by atoms with Crippen LogP contribution in [0.5, 0.6) is 0 Å². The van der Waals surface area contributed by atoms with Crippen LogP contribution in [0.1, 0.15) is 37.5 Å². The highest BCUT2D eigenvalue weighted by Gasteiger charge is 2.26. The standard InChI is InChI=1S/C14H23NO3/c1-17-11-12(16)10-15-8-4-2-3-6-13(15)14-7-5-9-18-14/h5,7,9,12-13,16H,2-4,6,8,10-11H2,1H3/t12-,13-/m1/s1. The van der Waals surface area contributed by atoms with Crippen LogP contribution in [0.3, 0.4) is 0 Å². The van der Waals surface area contributed by atoms with Crippen molar-refractivity contribution in [1.82, 2.24) is 4.90 Å². The third-order valence-electron chi connectivity index (χ3n) is 3.54. The van der Waals surface area contributed by atoms with Gasteiger partial charge in [-0.1, -0.05) is 12.8 Å². The molecule has 4 heteroatoms. The number of furan rings is 1. The van der Waals surface area contributed by atoms with Gasteiger partial charge < -0.3 is 14.3 Å². The second kappa shape index (κ2) is 6.92. The van der Waals surface area contributed by atoms with E-state index in [2.05, 4.69) is 4.90 Å². The first-order valence-electron chi connectivity index (χ1n) is 6.75. The molecule has 1 fully saturated rings. The van der Waals surface area contributed by atoms with Crippen LogP contribution in [0.4, 0.5) is 0 Å². The molecule has 1 N–H and O–H groups in total. The maximum atomic E-state index is 9.91. The molecule has 18 heavy (non-hydrogen) atoms. The maximum absolute atomic E-state index is 9.91. The van der Waals surface area contributed by atoms with Gasteiger partial charge in [-0.15, -0.1) is 0 Å². The molecule has 0 spiro atoms. The van der Waals surface area contributed by atoms with Crippen LogP contribution in [0.15, 0.2) is 22.8 Å². The zero-order chi connectivity index (χ0) is 12.8. The van der Waals surface area contributed by atoms with Gasteiger partial charge in [0.1, 0.15) is 5.76 Å². The van der Waals surface area contributed by atoms with Gasteiger partial charge in [-0.3, -0.25) is 4.90 Å². The lowest BCUT2D eigenvalue weighted by molar-refractivity contribution is 0.0241. The molecule has 1 saturated heterocycles. The largest absolute Gasteiger partial charge is 0.468 e. The van der Waals surface area contributed by atoms with Crippen molar-refractivity contribution in [2.75, 3.05) is 26.8 Å². The van der Waals surface area contributed by atoms with Crippen LogP contribution < -0.4 is 0 Å². The fourth-order valence-corrected chi connectivity index (χ4v) is 2.71. The van der Waals surface area contributed by atoms with Gasteiger partial charge in [-0.05, 0) is 31.5 Å². The van der Waals surface area contributed by atoms with Gasteiger partial charge in [0.25, 0.3) is 0 Å². The summed E-state index contributed by atoms with van der Waals surface area (Å²) in [5, 5.41) is 9.91. The Balaban J connectivity index is 2.02. The molecule has 0 bridgehead atoms. The SMILES string of the molecule is COC[C@H](O)CN1CCCCC[C@@H]1c1ccco1. The molecule has 0 aliphatic carbocycles. The second-order valence-electron chi connectivity index (χ2n) is 4.98. The van der Waals surface area contributed by atoms with Crippen LogP contribution in [-0.4, -0.2) is 42.9 Å². The molecule has 0 aromatic carbocycles. The fourth-order valence-electron chi connectivity index (χ4n) is 2.71. The lowest BCUT2D eigenvalue weighted by Crippen LogP contribution is -2.37. The molecule has 4 nitrogen and oxygen atoms in total. The molecule has 1 aliphatic heterocycles. The van der Waals surface area contributed by atoms with E-state index in [1.807, 2.05) is 12.1 Å². The number of rotatable bonds is 5. The molecule has 1 aliphatic rings. The summed E-state index contributed by atoms with van der Waals surface area (Å²) >= 11 is 0. The Hall–Kier alpha value is -0.840. The minimum Gasteiger partial charge on any atom is -0.468 e. The van der Waals surface area contributed by atoms with E-state index < -0.39 is 6.10 Å². The van der Waals surface area contributed by atoms with E-state index in [0.29, 0.717) is 19.2 Å². The summed E-state index contributed by atoms with van der Waals surface area (Å²) < 4.78 is 10.5. The highest BCUT2D eigenvalue weighted by Crippen LogP contribution is 2.30. The normalized spacial score (nSPS) is 23.8. The molecule has 0 radical (unpaired) electrons. The van der Waals surface area contributed by atoms with Gasteiger partial charge in [-0.2, -0.15) is 0 Å². The zero-order valence-corrected chi connectivity index (χ0v) is 11.0. The Kier molecular flexibility index (Phi) is 5.23. The summed E-state index contributed by atoms with van der Waals surface area (Å²) in [6.45, 7) is 2.06. The molecule has 102 valence electrons. The predicted molar refractivity (Wildman–Crippen MR) is 69.4 cm³/mol. The van der Waals surface area contributed by atoms with E-state index in [0.717, 1.165) is 18.7 Å². The quantitative estimate of drug-likeness (QED) is 0.874. The van der Waals surface area contributed by atoms with E-state index in [4.69, 9.17) is 9.15 Å². The number of hydrogen-bond donors (Lipinski definition) is 1. The molecule has 1 aromatic heterocycles. The van der Waals surface area contributed by atoms with Crippen LogP contribution in [0.25, 0.3) is 0 Å². The molecule has 2 atom stereocenters. The minimum absolute atomic E-state index is 0.300. The van der Waals surface area contributed by atoms with E-state index >= 15 is 0 Å². The van der Waals surface area contributed by atoms with Gasteiger partial charge >= 0.3 is 0 Å². The Labute approximate surface area is 109 Å². The topological polar surface area (TPSA) is 45.8 Å². The van der Waals surface area contributed by atoms with E-state index in [1.54, 1.807) is 13.4 Å². The number of hydrogen-bond acceptors (Lipinski definition) is 4. The molecule has 2 rings (SSSR count). The minimum atomic E-state index is -0.425. The van der Waals surface area contributed by atoms with Crippen molar-refractivity contribution in [3.63, 3.8) is 0 Å². The first kappa shape index (κ1) is 13.6. The van der Waals surface area contributed by atoms with Crippen molar-refractivity contribution in [3.8, 4) is 0 Å². The van der Waals surface area contributed by atoms with Crippen molar-refractivity contribution in [2.24, 2.45) is 0 Å². The fraction of sp³-hybridized carbons (Fsp3) is 0.714. The summed E-state index contributed by atoms with van der Waals surface area (Å²) in [5.41, 5.74) is 0. The maximum Gasteiger partial charge on any atom is 0.120 e. The number of aliphatic hydroxyl groups is 1. The van der Waals surface area contributed by atoms with Crippen LogP contribution in [-0.2, 0) is 4.74 Å². The predicted octanol–water partition coefficient (Wildman–Crippen LogP) is 2.20. The number of likely N-dealkylation sites (tertiary alicyclic amines) is 1. The first-order valence-corrected chi connectivity index (χ1v) is 6.75. The van der Waals surface area contributed by atoms with Crippen LogP contribution in [0, 0.1) is 0 Å². The zero-order valence-electron chi connectivity index (χ0n) is 11.0. The van der Waals surface area contributed by atoms with Crippen molar-refractivity contribution < 1.29 is 14.3 Å². The van der Waals surface area contributed by atoms with Gasteiger partial charge in [0.2, 0.25) is 0 Å². The van der Waals surface area contributed by atoms with E-state index in [1.165, 1.54) is 19.3 Å². The molecular formula is C14H23NO3. The molecule has 1 aromatic rings. The lowest BCUT2D eigenvalue weighted by Gasteiger charge is -2.30. The van der Waals surface area contributed by atoms with Crippen LogP contribution in [0.2, 0.25) is 0 Å². The second-order valence-corrected chi connectivity index (χ2v) is 4.98. The number of ether oxygens (including phenoxy) is 1. The van der Waals surface area contributed by atoms with E-state index in [-0.39, 0.29) is 0 Å². The van der Waals surface area contributed by atoms with Gasteiger partial charge in [0.15, 0.2) is 0 Å². The molecule has 0 amide bonds. The number of methoxy groups -OCH3 is 1. The third kappa shape index (κ3) is 3.57. The monoisotopic (exact) mass is 253 g/mol. The Morgan fingerprint density at radius 3 is 3.11 bits per heavy atom. The van der Waals surface area contributed by atoms with Crippen molar-refractivity contribution in [2.45, 2.75) is 37.8 Å². The van der Waals surface area contributed by atoms with Crippen molar-refractivity contribution in [3.05, 3.63) is 24.2 Å². The van der Waals surface area contributed by atoms with Gasteiger partial charge in [0, 0.05) is 13.7 Å². The summed E-state index contributed by atoms with van der Waals surface area (Å²) in [4.78, 5) is 2.33. The van der Waals surface area contributed by atoms with Crippen molar-refractivity contribution >= 4 is 0 Å². The number of aliphatic hydroxyl groups excluding tert-OH is 1. The summed E-state index contributed by atoms with van der Waals surface area (Å²) in [5.74, 6) is 1.02. The van der Waals surface area contributed by atoms with Gasteiger partial charge in [0.05, 0.1) is 25.0 Å². The number of nitrogens with zero attached hydrogens (tertiary/aromatic N) is 1. The van der Waals surface area contributed by atoms with E-state index in [9.17, 15) is 5.11 Å². The average Bonchev–Trinajstić information content (AvgIpc) is 2.78. The lowest BCUT2D eigenvalue weighted by atomic mass is 10.1. The molecule has 0 saturated carbocycles. The Morgan fingerprint density at radius 1 is 1.50 bits per heavy atom. The van der Waals surface area contributed by atoms with Crippen molar-refractivity contribution in [1.29, 1.82) is 0 Å². The Bertz CT molecular complexity index is 326. The summed E-state index contributed by atoms with van der Waals surface area (Å²) in [6.07, 6.45) is 6.08. The van der Waals surface area contributed by atoms with Crippen LogP contribution >= 0.6 is 0 Å². The third-order valence-corrected chi connectivity index (χ3v) is 3.54. The average molecular weight is 253 g/mol. The summed E-state index contributed by atoms with van der Waals surface area (Å²) in [7, 11) is 1.62. The van der Waals surface area contributed by atoms with Gasteiger partial charge in [-0.25, -0.2) is 0 Å². The summed E-state index contributed by atoms with van der Waals surface area (Å²) in [6, 6.07) is 4.27. The molecule has 2 heterocycles. The molecular weight excluding hydrogens is 230 g/mol. The first-order chi connectivity index (χ1) is 8.81. The highest BCUT2D eigenvalue weighted by atomic mass is 16.5. The highest BCUT2D eigenvalue weighted by molar-refractivity contribution is 5.05.